The molecule has 4 rings (SSSR count). The van der Waals surface area contributed by atoms with Gasteiger partial charge in [0.05, 0.1) is 5.92 Å². The van der Waals surface area contributed by atoms with E-state index in [0.717, 1.165) is 54.4 Å². The Morgan fingerprint density at radius 3 is 1.09 bits per heavy atom. The van der Waals surface area contributed by atoms with Gasteiger partial charge in [-0.1, -0.05) is 31.9 Å². The van der Waals surface area contributed by atoms with Gasteiger partial charge in [-0.05, 0) is 181 Å². The highest BCUT2D eigenvalue weighted by Crippen LogP contribution is 2.27. The van der Waals surface area contributed by atoms with E-state index in [0.29, 0.717) is 30.9 Å². The first-order chi connectivity index (χ1) is 40.2. The molecule has 0 aromatic heterocycles. The molecule has 0 bridgehead atoms. The van der Waals surface area contributed by atoms with Gasteiger partial charge in [-0.2, -0.15) is 0 Å². The molecule has 8 heteroatoms. The summed E-state index contributed by atoms with van der Waals surface area (Å²) in [6, 6.07) is 10.4. The highest BCUT2D eigenvalue weighted by Gasteiger charge is 2.34. The highest BCUT2D eigenvalue weighted by atomic mass is 16.5. The molecule has 1 aliphatic carbocycles. The first-order valence-corrected chi connectivity index (χ1v) is 24.3. The monoisotopic (exact) mass is 1140 g/mol. The van der Waals surface area contributed by atoms with Crippen LogP contribution in [0.3, 0.4) is 0 Å². The number of terminal acetylenes is 2. The van der Waals surface area contributed by atoms with Crippen molar-refractivity contribution in [2.75, 3.05) is 6.54 Å². The number of likely N-dealkylation sites (tertiary alicyclic amines) is 1. The normalized spacial score (nSPS) is 10.1. The van der Waals surface area contributed by atoms with Crippen molar-refractivity contribution in [1.29, 1.82) is 0 Å². The maximum Gasteiger partial charge on any atom is 0.329 e. The van der Waals surface area contributed by atoms with Crippen molar-refractivity contribution in [3.63, 3.8) is 0 Å². The van der Waals surface area contributed by atoms with Gasteiger partial charge in [0, 0.05) is 218 Å². The molecule has 1 heterocycles. The molecule has 1 atom stereocenters. The fourth-order valence-corrected chi connectivity index (χ4v) is 6.49. The van der Waals surface area contributed by atoms with Gasteiger partial charge >= 0.3 is 11.9 Å². The molecule has 0 N–H and O–H groups in total. The standard InChI is InChI=1S/C38H21NO4.C36H18O3.44H2/c1-4-6-7-8-9-10-11-12-13-14-15-16-17-18-19-20-21-22-23-24-28-42-35-30-33(3)29-34(31-35)32-43-38(41)36-26-25-27-39(36)37(40)5-2;1-3-4-5-6-7-8-9-10-11-12-13-14-15-16-17-18-19-20-21-24-27-38-35-29-32(2)28-33(30-35)31-39-36(37)34-25-22-23-26-34;;;;;;;;;;;;;;;;;;;;;;;;;;;;;;;;;;;;;;;;;;;;/h1,29-31,36H,5,25-27,32H2,2-3H3;1,28-30,34H,22-23,25-26,31H2,2H3;44*1H/t36-;;;;;;;;;;;;;;;;;;;;;;;;;;;;;;;;;;;;;;;;;;;;;/m0............................................./s1. The lowest BCUT2D eigenvalue weighted by Crippen LogP contribution is -2.41. The van der Waals surface area contributed by atoms with Crippen LogP contribution in [0.2, 0.25) is 0 Å². The number of aryl methyl sites for hydroxylation is 2. The van der Waals surface area contributed by atoms with E-state index in [4.69, 9.17) is 31.8 Å². The summed E-state index contributed by atoms with van der Waals surface area (Å²) in [4.78, 5) is 38.3. The van der Waals surface area contributed by atoms with Crippen LogP contribution in [0.5, 0.6) is 11.5 Å². The molecular formula is C74H127NO7. The number of carbonyl (C=O) groups excluding carboxylic acids is 3. The van der Waals surface area contributed by atoms with Crippen LogP contribution in [0.25, 0.3) is 0 Å². The number of hydrogen-bond acceptors (Lipinski definition) is 7. The summed E-state index contributed by atoms with van der Waals surface area (Å²) in [5, 5.41) is 0. The molecule has 2 fully saturated rings. The van der Waals surface area contributed by atoms with Crippen LogP contribution in [0.1, 0.15) is 137 Å². The molecule has 1 saturated heterocycles. The predicted molar refractivity (Wildman–Crippen MR) is 406 cm³/mol. The zero-order valence-corrected chi connectivity index (χ0v) is 44.6. The van der Waals surface area contributed by atoms with Crippen LogP contribution < -0.4 is 9.47 Å². The maximum absolute atomic E-state index is 12.6. The van der Waals surface area contributed by atoms with Crippen molar-refractivity contribution in [3.05, 3.63) is 58.7 Å². The van der Waals surface area contributed by atoms with Gasteiger partial charge in [0.25, 0.3) is 0 Å². The average molecular weight is 1140 g/mol. The molecule has 0 radical (unpaired) electrons. The van der Waals surface area contributed by atoms with Crippen LogP contribution >= 0.6 is 0 Å². The molecule has 1 amide bonds. The molecule has 8 nitrogen and oxygen atoms in total. The lowest BCUT2D eigenvalue weighted by atomic mass is 10.1. The Labute approximate surface area is 548 Å². The van der Waals surface area contributed by atoms with Crippen LogP contribution in [-0.2, 0) is 37.1 Å². The van der Waals surface area contributed by atoms with Gasteiger partial charge in [-0.25, -0.2) is 4.79 Å². The second kappa shape index (κ2) is 42.0. The van der Waals surface area contributed by atoms with Gasteiger partial charge in [-0.15, -0.1) is 12.8 Å². The molecule has 2 aromatic rings. The largest absolute Gasteiger partial charge is 0.461 e. The Balaban J connectivity index is -0.0000000208. The molecule has 1 saturated carbocycles. The summed E-state index contributed by atoms with van der Waals surface area (Å²) in [7, 11) is 0. The number of carbonyl (C=O) groups is 3. The molecule has 82 heavy (non-hydrogen) atoms. The van der Waals surface area contributed by atoms with E-state index in [1.165, 1.54) is 0 Å². The van der Waals surface area contributed by atoms with E-state index in [1.807, 2.05) is 32.0 Å². The third-order valence-corrected chi connectivity index (χ3v) is 9.65. The van der Waals surface area contributed by atoms with E-state index in [1.54, 1.807) is 30.0 Å². The van der Waals surface area contributed by atoms with Crippen LogP contribution in [-0.4, -0.2) is 35.3 Å². The minimum Gasteiger partial charge on any atom is -0.461 e. The predicted octanol–water partition coefficient (Wildman–Crippen LogP) is 16.5. The summed E-state index contributed by atoms with van der Waals surface area (Å²) >= 11 is 0. The second-order valence-corrected chi connectivity index (χ2v) is 15.6. The number of hydrogen-bond donors (Lipinski definition) is 0. The summed E-state index contributed by atoms with van der Waals surface area (Å²) in [5.41, 5.74) is 3.46. The number of ether oxygens (including phenoxy) is 4. The number of rotatable bonds is 9. The van der Waals surface area contributed by atoms with E-state index in [2.05, 4.69) is 249 Å². The van der Waals surface area contributed by atoms with Crippen LogP contribution in [0, 0.1) is 282 Å². The summed E-state index contributed by atoms with van der Waals surface area (Å²) in [6.45, 7) is 6.45. The third kappa shape index (κ3) is 30.2. The van der Waals surface area contributed by atoms with Gasteiger partial charge < -0.3 is 23.8 Å². The first kappa shape index (κ1) is 63.1. The molecule has 2 aromatic carbocycles. The van der Waals surface area contributed by atoms with Crippen LogP contribution in [0.4, 0.5) is 0 Å². The topological polar surface area (TPSA) is 91.4 Å². The number of nitrogens with zero attached hydrogens (tertiary/aromatic N) is 1. The van der Waals surface area contributed by atoms with Crippen molar-refractivity contribution in [2.24, 2.45) is 5.92 Å². The fraction of sp³-hybridized carbons (Fsp3) is 0.203. The lowest BCUT2D eigenvalue weighted by molar-refractivity contribution is -0.154. The molecule has 470 valence electrons. The smallest absolute Gasteiger partial charge is 0.329 e. The van der Waals surface area contributed by atoms with Crippen molar-refractivity contribution < 1.29 is 96.1 Å². The van der Waals surface area contributed by atoms with Crippen molar-refractivity contribution >= 4 is 17.8 Å². The van der Waals surface area contributed by atoms with Crippen molar-refractivity contribution in [1.82, 2.24) is 4.90 Å². The van der Waals surface area contributed by atoms with Gasteiger partial charge in [0.1, 0.15) is 43.0 Å². The van der Waals surface area contributed by atoms with E-state index in [9.17, 15) is 14.4 Å². The zero-order chi connectivity index (χ0) is 58.8. The lowest BCUT2D eigenvalue weighted by Gasteiger charge is -2.22. The molecular weight excluding hydrogens is 1010 g/mol. The summed E-state index contributed by atoms with van der Waals surface area (Å²) < 4.78 is 21.8. The average Bonchev–Trinajstić information content (AvgIpc) is 1.66. The highest BCUT2D eigenvalue weighted by molar-refractivity contribution is 5.85. The van der Waals surface area contributed by atoms with Gasteiger partial charge in [0.2, 0.25) is 5.91 Å². The quantitative estimate of drug-likeness (QED) is 0.182. The Kier molecular flexibility index (Phi) is 32.3. The minimum atomic E-state index is -0.524. The SMILES string of the molecule is C#CC#CC#CC#CC#CC#CC#CC#CC#CC#CC#COc1cc(C)cc(COC(=O)C2CCCC2)c1.C#CC#CC#CC#CC#CC#CC#CC#CC#CC#CC#COc1cc(C)cc(COC(=O)[C@@H]2CCCN2C(=O)CC)c1.[HH].[HH].[HH].[HH].[HH].[HH].[HH].[HH].[HH].[HH].[HH].[HH].[HH].[HH].[HH].[HH].[HH].[HH].[HH].[HH].[HH].[HH].[HH].[HH].[HH].[HH].[HH].[HH].[HH].[HH].[HH].[HH].[HH].[HH].[HH].[HH].[HH].[HH].[HH].[HH].[HH].[HH].[HH].[HH]. The van der Waals surface area contributed by atoms with Crippen molar-refractivity contribution in [3.8, 4) is 273 Å². The Bertz CT molecular complexity index is 4400. The fourth-order valence-electron chi connectivity index (χ4n) is 6.49. The van der Waals surface area contributed by atoms with Gasteiger partial charge in [0.15, 0.2) is 0 Å². The summed E-state index contributed by atoms with van der Waals surface area (Å²) in [6.07, 6.45) is 20.7. The molecule has 1 aliphatic heterocycles. The van der Waals surface area contributed by atoms with Gasteiger partial charge in [-0.3, -0.25) is 9.59 Å². The number of benzene rings is 2. The van der Waals surface area contributed by atoms with E-state index in [-0.39, 0.29) is 93.8 Å². The Morgan fingerprint density at radius 1 is 0.439 bits per heavy atom. The zero-order valence-electron chi connectivity index (χ0n) is 44.6. The van der Waals surface area contributed by atoms with E-state index < -0.39 is 12.0 Å². The number of esters is 2. The summed E-state index contributed by atoms with van der Waals surface area (Å²) in [5.74, 6) is 99.5. The molecule has 2 aliphatic rings. The van der Waals surface area contributed by atoms with E-state index >= 15 is 0 Å². The third-order valence-electron chi connectivity index (χ3n) is 9.65. The second-order valence-electron chi connectivity index (χ2n) is 15.6. The Morgan fingerprint density at radius 2 is 0.756 bits per heavy atom. The first-order valence-electron chi connectivity index (χ1n) is 24.3. The Hall–Kier alpha value is -13.2. The molecule has 0 unspecified atom stereocenters. The number of amides is 1. The molecule has 0 spiro atoms. The minimum absolute atomic E-state index is 0. The maximum atomic E-state index is 12.6. The van der Waals surface area contributed by atoms with Crippen molar-refractivity contribution in [2.45, 2.75) is 85.0 Å². The van der Waals surface area contributed by atoms with Crippen LogP contribution in [0.15, 0.2) is 36.4 Å².